The van der Waals surface area contributed by atoms with E-state index in [4.69, 9.17) is 9.73 Å². The topological polar surface area (TPSA) is 106 Å². The first-order valence-corrected chi connectivity index (χ1v) is 12.5. The number of nitrogens with zero attached hydrogens (tertiary/aromatic N) is 3. The van der Waals surface area contributed by atoms with E-state index >= 15 is 0 Å². The van der Waals surface area contributed by atoms with Crippen LogP contribution in [0.4, 0.5) is 5.69 Å². The van der Waals surface area contributed by atoms with Gasteiger partial charge in [0, 0.05) is 34.2 Å². The number of hydrogen-bond donors (Lipinski definition) is 3. The number of carbonyl (C=O) groups is 2. The summed E-state index contributed by atoms with van der Waals surface area (Å²) in [5, 5.41) is 15.7. The summed E-state index contributed by atoms with van der Waals surface area (Å²) < 4.78 is 5.34. The van der Waals surface area contributed by atoms with Crippen molar-refractivity contribution in [3.8, 4) is 5.75 Å². The quantitative estimate of drug-likeness (QED) is 0.425. The molecule has 10 heteroatoms. The first kappa shape index (κ1) is 28.1. The number of hydrazine groups is 1. The van der Waals surface area contributed by atoms with E-state index in [1.54, 1.807) is 50.4 Å². The molecule has 198 valence electrons. The molecule has 2 amide bonds. The second-order valence-corrected chi connectivity index (χ2v) is 10.8. The van der Waals surface area contributed by atoms with Gasteiger partial charge in [0.25, 0.3) is 11.8 Å². The lowest BCUT2D eigenvalue weighted by atomic mass is 9.68. The van der Waals surface area contributed by atoms with Crippen molar-refractivity contribution in [1.29, 1.82) is 0 Å². The van der Waals surface area contributed by atoms with Crippen LogP contribution in [0.5, 0.6) is 5.75 Å². The molecule has 37 heavy (non-hydrogen) atoms. The third kappa shape index (κ3) is 5.90. The molecule has 1 aliphatic rings. The highest BCUT2D eigenvalue weighted by molar-refractivity contribution is 6.68. The molecule has 0 saturated carbocycles. The highest BCUT2D eigenvalue weighted by Crippen LogP contribution is 2.24. The van der Waals surface area contributed by atoms with E-state index in [9.17, 15) is 14.6 Å². The Morgan fingerprint density at radius 1 is 1.14 bits per heavy atom. The Kier molecular flexibility index (Phi) is 8.22. The molecule has 0 fully saturated rings. The van der Waals surface area contributed by atoms with Gasteiger partial charge in [-0.15, -0.1) is 0 Å². The van der Waals surface area contributed by atoms with E-state index < -0.39 is 24.4 Å². The van der Waals surface area contributed by atoms with Crippen molar-refractivity contribution in [2.45, 2.75) is 73.0 Å². The summed E-state index contributed by atoms with van der Waals surface area (Å²) in [5.41, 5.74) is 4.62. The molecule has 3 rings (SSSR count). The molecule has 0 aliphatic carbocycles. The van der Waals surface area contributed by atoms with Crippen molar-refractivity contribution in [3.63, 3.8) is 0 Å². The number of fused-ring (bicyclic) bond motifs is 1. The van der Waals surface area contributed by atoms with Crippen LogP contribution in [-0.2, 0) is 0 Å². The highest BCUT2D eigenvalue weighted by Gasteiger charge is 2.37. The molecular formula is C27H38BN5O4. The molecule has 0 unspecified atom stereocenters. The summed E-state index contributed by atoms with van der Waals surface area (Å²) in [6.45, 7) is 15.3. The molecule has 0 saturated heterocycles. The number of carbonyl (C=O) groups excluding carboxylic acids is 2. The third-order valence-corrected chi connectivity index (χ3v) is 6.10. The molecule has 0 aromatic heterocycles. The monoisotopic (exact) mass is 507 g/mol. The van der Waals surface area contributed by atoms with Gasteiger partial charge in [-0.25, -0.2) is 10.0 Å². The summed E-state index contributed by atoms with van der Waals surface area (Å²) in [5.74, 6) is 0.332. The van der Waals surface area contributed by atoms with Gasteiger partial charge in [-0.2, -0.15) is 0 Å². The van der Waals surface area contributed by atoms with Crippen LogP contribution in [0.1, 0.15) is 74.7 Å². The van der Waals surface area contributed by atoms with Crippen LogP contribution in [-0.4, -0.2) is 64.4 Å². The number of nitrogens with one attached hydrogen (secondary N) is 2. The van der Waals surface area contributed by atoms with E-state index in [2.05, 4.69) is 10.7 Å². The average molecular weight is 507 g/mol. The van der Waals surface area contributed by atoms with Crippen molar-refractivity contribution in [3.05, 3.63) is 53.1 Å². The minimum Gasteiger partial charge on any atom is -0.496 e. The lowest BCUT2D eigenvalue weighted by Gasteiger charge is -2.37. The first-order valence-electron chi connectivity index (χ1n) is 12.5. The number of aliphatic imine (C=N–C) groups is 1. The molecule has 0 bridgehead atoms. The zero-order valence-corrected chi connectivity index (χ0v) is 23.2. The summed E-state index contributed by atoms with van der Waals surface area (Å²) >= 11 is 0. The minimum atomic E-state index is -0.910. The summed E-state index contributed by atoms with van der Waals surface area (Å²) in [6.07, 6.45) is 0. The van der Waals surface area contributed by atoms with Gasteiger partial charge in [0.1, 0.15) is 5.75 Å². The highest BCUT2D eigenvalue weighted by atomic mass is 16.5. The maximum atomic E-state index is 13.7. The third-order valence-electron chi connectivity index (χ3n) is 6.10. The van der Waals surface area contributed by atoms with Crippen LogP contribution in [0.15, 0.2) is 41.4 Å². The SMILES string of the molecule is COc1cccc(C(=O)NN(C(=O)c2ccc3c(c2)N=C(NC(C)C)N(C(C)C)B3O)C(C)(C)C)c1C. The molecule has 1 aliphatic heterocycles. The molecule has 0 atom stereocenters. The zero-order chi connectivity index (χ0) is 27.7. The Morgan fingerprint density at radius 3 is 2.38 bits per heavy atom. The van der Waals surface area contributed by atoms with Crippen molar-refractivity contribution in [2.75, 3.05) is 7.11 Å². The van der Waals surface area contributed by atoms with Gasteiger partial charge < -0.3 is 19.9 Å². The van der Waals surface area contributed by atoms with Crippen molar-refractivity contribution >= 4 is 36.0 Å². The van der Waals surface area contributed by atoms with E-state index in [1.807, 2.05) is 53.3 Å². The van der Waals surface area contributed by atoms with Crippen LogP contribution < -0.4 is 20.9 Å². The molecule has 1 heterocycles. The smallest absolute Gasteiger partial charge is 0.454 e. The van der Waals surface area contributed by atoms with E-state index in [0.29, 0.717) is 39.5 Å². The molecular weight excluding hydrogens is 469 g/mol. The van der Waals surface area contributed by atoms with Crippen LogP contribution in [0.2, 0.25) is 0 Å². The number of rotatable bonds is 5. The van der Waals surface area contributed by atoms with Gasteiger partial charge in [-0.1, -0.05) is 12.1 Å². The van der Waals surface area contributed by atoms with E-state index in [0.717, 1.165) is 0 Å². The van der Waals surface area contributed by atoms with Gasteiger partial charge >= 0.3 is 7.05 Å². The van der Waals surface area contributed by atoms with E-state index in [-0.39, 0.29) is 12.1 Å². The fourth-order valence-electron chi connectivity index (χ4n) is 4.22. The van der Waals surface area contributed by atoms with Crippen LogP contribution >= 0.6 is 0 Å². The Bertz CT molecular complexity index is 1210. The standard InChI is InChI=1S/C27H38BN5O4/c1-16(2)29-26-30-22-15-19(13-14-21(22)28(36)32(26)17(3)4)25(35)33(27(6,7)8)31-24(34)20-11-10-12-23(37-9)18(20)5/h10-17,36H,1-9H3,(H,29,30)(H,31,34). The fraction of sp³-hybridized carbons (Fsp3) is 0.444. The Morgan fingerprint density at radius 2 is 1.81 bits per heavy atom. The Balaban J connectivity index is 1.98. The summed E-state index contributed by atoms with van der Waals surface area (Å²) in [4.78, 5) is 33.5. The zero-order valence-electron chi connectivity index (χ0n) is 23.2. The lowest BCUT2D eigenvalue weighted by Crippen LogP contribution is -2.61. The number of guanidine groups is 1. The number of benzene rings is 2. The molecule has 2 aromatic carbocycles. The molecule has 3 N–H and O–H groups in total. The van der Waals surface area contributed by atoms with Gasteiger partial charge in [-0.05, 0) is 79.7 Å². The molecule has 2 aromatic rings. The van der Waals surface area contributed by atoms with Gasteiger partial charge in [0.05, 0.1) is 18.3 Å². The predicted octanol–water partition coefficient (Wildman–Crippen LogP) is 2.99. The van der Waals surface area contributed by atoms with Crippen LogP contribution in [0.3, 0.4) is 0 Å². The largest absolute Gasteiger partial charge is 0.496 e. The fourth-order valence-corrected chi connectivity index (χ4v) is 4.22. The van der Waals surface area contributed by atoms with Crippen LogP contribution in [0.25, 0.3) is 0 Å². The Hall–Kier alpha value is -3.53. The van der Waals surface area contributed by atoms with E-state index in [1.165, 1.54) is 5.01 Å². The average Bonchev–Trinajstić information content (AvgIpc) is 2.80. The van der Waals surface area contributed by atoms with Crippen molar-refractivity contribution in [2.24, 2.45) is 4.99 Å². The predicted molar refractivity (Wildman–Crippen MR) is 148 cm³/mol. The Labute approximate surface area is 220 Å². The number of ether oxygens (including phenoxy) is 1. The second kappa shape index (κ2) is 10.8. The van der Waals surface area contributed by atoms with Crippen molar-refractivity contribution in [1.82, 2.24) is 20.6 Å². The van der Waals surface area contributed by atoms with Gasteiger partial charge in [-0.3, -0.25) is 15.0 Å². The summed E-state index contributed by atoms with van der Waals surface area (Å²) in [6, 6.07) is 10.3. The molecule has 0 radical (unpaired) electrons. The van der Waals surface area contributed by atoms with Gasteiger partial charge in [0.2, 0.25) is 0 Å². The number of amides is 2. The number of methoxy groups -OCH3 is 1. The molecule has 0 spiro atoms. The second-order valence-electron chi connectivity index (χ2n) is 10.8. The number of hydrogen-bond acceptors (Lipinski definition) is 7. The van der Waals surface area contributed by atoms with Gasteiger partial charge in [0.15, 0.2) is 5.96 Å². The molecule has 9 nitrogen and oxygen atoms in total. The lowest BCUT2D eigenvalue weighted by molar-refractivity contribution is 0.0358. The van der Waals surface area contributed by atoms with Crippen LogP contribution in [0, 0.1) is 6.92 Å². The maximum absolute atomic E-state index is 13.7. The van der Waals surface area contributed by atoms with Crippen molar-refractivity contribution < 1.29 is 19.3 Å². The normalized spacial score (nSPS) is 13.4. The first-order chi connectivity index (χ1) is 17.3. The minimum absolute atomic E-state index is 0.00104. The maximum Gasteiger partial charge on any atom is 0.454 e. The summed E-state index contributed by atoms with van der Waals surface area (Å²) in [7, 11) is 0.639.